The fraction of sp³-hybridized carbons (Fsp3) is 0.312. The van der Waals surface area contributed by atoms with Crippen LogP contribution in [0.5, 0.6) is 5.88 Å². The zero-order valence-corrected chi connectivity index (χ0v) is 15.3. The molecule has 3 aromatic rings. The Hall–Kier alpha value is -2.92. The molecule has 0 spiro atoms. The first kappa shape index (κ1) is 17.5. The van der Waals surface area contributed by atoms with Crippen molar-refractivity contribution in [3.63, 3.8) is 0 Å². The number of aromatic amines is 2. The lowest BCUT2D eigenvalue weighted by atomic mass is 10.3. The van der Waals surface area contributed by atoms with Crippen LogP contribution >= 0.6 is 0 Å². The summed E-state index contributed by atoms with van der Waals surface area (Å²) in [5.41, 5.74) is 2.26. The SMILES string of the molecule is CS(=O)(=O)Nc1cccc(Nc2nc3nc[nH]c3c(OC3CCOC3)[nH+]2)c1. The van der Waals surface area contributed by atoms with E-state index in [4.69, 9.17) is 9.47 Å². The maximum Gasteiger partial charge on any atom is 0.399 e. The van der Waals surface area contributed by atoms with Crippen LogP contribution in [0.25, 0.3) is 11.2 Å². The molecule has 0 saturated carbocycles. The number of imidazole rings is 1. The van der Waals surface area contributed by atoms with Crippen LogP contribution in [-0.2, 0) is 14.8 Å². The van der Waals surface area contributed by atoms with E-state index >= 15 is 0 Å². The zero-order chi connectivity index (χ0) is 18.9. The Labute approximate surface area is 155 Å². The van der Waals surface area contributed by atoms with Gasteiger partial charge in [0.25, 0.3) is 11.5 Å². The van der Waals surface area contributed by atoms with E-state index in [0.717, 1.165) is 12.7 Å². The first-order valence-corrected chi connectivity index (χ1v) is 10.2. The molecule has 2 aromatic heterocycles. The van der Waals surface area contributed by atoms with E-state index in [2.05, 4.69) is 30.0 Å². The van der Waals surface area contributed by atoms with Crippen LogP contribution in [0.2, 0.25) is 0 Å². The zero-order valence-electron chi connectivity index (χ0n) is 14.5. The first-order chi connectivity index (χ1) is 13.0. The number of hydrogen-bond donors (Lipinski definition) is 3. The molecule has 3 heterocycles. The molecule has 1 atom stereocenters. The highest BCUT2D eigenvalue weighted by Gasteiger charge is 2.23. The van der Waals surface area contributed by atoms with Gasteiger partial charge in [0.1, 0.15) is 11.8 Å². The third-order valence-corrected chi connectivity index (χ3v) is 4.50. The topological polar surface area (TPSA) is 132 Å². The van der Waals surface area contributed by atoms with E-state index in [1.54, 1.807) is 30.6 Å². The third kappa shape index (κ3) is 4.26. The average Bonchev–Trinajstić information content (AvgIpc) is 3.25. The van der Waals surface area contributed by atoms with Crippen LogP contribution in [0.15, 0.2) is 30.6 Å². The van der Waals surface area contributed by atoms with E-state index < -0.39 is 10.0 Å². The lowest BCUT2D eigenvalue weighted by Crippen LogP contribution is -2.23. The van der Waals surface area contributed by atoms with Crippen LogP contribution < -0.4 is 19.8 Å². The van der Waals surface area contributed by atoms with Gasteiger partial charge in [-0.2, -0.15) is 0 Å². The predicted octanol–water partition coefficient (Wildman–Crippen LogP) is 1.05. The number of aromatic nitrogens is 4. The summed E-state index contributed by atoms with van der Waals surface area (Å²) in [5.74, 6) is 0.931. The number of nitrogens with zero attached hydrogens (tertiary/aromatic N) is 2. The Balaban J connectivity index is 1.61. The molecule has 11 heteroatoms. The molecule has 27 heavy (non-hydrogen) atoms. The fourth-order valence-corrected chi connectivity index (χ4v) is 3.33. The molecule has 10 nitrogen and oxygen atoms in total. The number of sulfonamides is 1. The molecule has 0 amide bonds. The van der Waals surface area contributed by atoms with E-state index in [0.29, 0.717) is 47.6 Å². The largest absolute Gasteiger partial charge is 0.460 e. The molecule has 4 N–H and O–H groups in total. The highest BCUT2D eigenvalue weighted by Crippen LogP contribution is 2.23. The standard InChI is InChI=1S/C16H18N6O4S/c1-27(23,24)22-11-4-2-3-10(7-11)19-16-20-14-13(17-9-18-14)15(21-16)26-12-5-6-25-8-12/h2-4,7,9,12,22H,5-6,8H2,1H3,(H2,17,18,19,20,21)/p+1. The average molecular weight is 391 g/mol. The quantitative estimate of drug-likeness (QED) is 0.572. The van der Waals surface area contributed by atoms with Gasteiger partial charge in [-0.1, -0.05) is 6.07 Å². The van der Waals surface area contributed by atoms with Gasteiger partial charge in [-0.05, 0) is 17.1 Å². The maximum absolute atomic E-state index is 11.4. The van der Waals surface area contributed by atoms with Crippen LogP contribution in [0.3, 0.4) is 0 Å². The van der Waals surface area contributed by atoms with Crippen molar-refractivity contribution >= 4 is 38.5 Å². The summed E-state index contributed by atoms with van der Waals surface area (Å²) >= 11 is 0. The van der Waals surface area contributed by atoms with Gasteiger partial charge in [0.05, 0.1) is 31.5 Å². The summed E-state index contributed by atoms with van der Waals surface area (Å²) in [6.45, 7) is 1.21. The predicted molar refractivity (Wildman–Crippen MR) is 98.5 cm³/mol. The van der Waals surface area contributed by atoms with E-state index in [1.807, 2.05) is 0 Å². The minimum Gasteiger partial charge on any atom is -0.460 e. The summed E-state index contributed by atoms with van der Waals surface area (Å²) in [6.07, 6.45) is 3.42. The van der Waals surface area contributed by atoms with Gasteiger partial charge in [0.2, 0.25) is 10.0 Å². The Kier molecular flexibility index (Phi) is 4.54. The Bertz CT molecular complexity index is 1060. The molecular weight excluding hydrogens is 372 g/mol. The maximum atomic E-state index is 11.4. The van der Waals surface area contributed by atoms with Crippen molar-refractivity contribution in [3.05, 3.63) is 30.6 Å². The number of fused-ring (bicyclic) bond motifs is 1. The molecule has 0 radical (unpaired) electrons. The highest BCUT2D eigenvalue weighted by molar-refractivity contribution is 7.92. The summed E-state index contributed by atoms with van der Waals surface area (Å²) in [4.78, 5) is 14.7. The van der Waals surface area contributed by atoms with Crippen LogP contribution in [-0.4, -0.2) is 48.9 Å². The van der Waals surface area contributed by atoms with E-state index in [9.17, 15) is 8.42 Å². The van der Waals surface area contributed by atoms with Crippen LogP contribution in [0, 0.1) is 0 Å². The van der Waals surface area contributed by atoms with Gasteiger partial charge < -0.3 is 14.5 Å². The molecule has 0 aliphatic carbocycles. The molecule has 4 rings (SSSR count). The highest BCUT2D eigenvalue weighted by atomic mass is 32.2. The van der Waals surface area contributed by atoms with Crippen molar-refractivity contribution in [2.24, 2.45) is 0 Å². The van der Waals surface area contributed by atoms with Crippen molar-refractivity contribution in [3.8, 4) is 5.88 Å². The minimum atomic E-state index is -3.36. The molecule has 1 aromatic carbocycles. The lowest BCUT2D eigenvalue weighted by Gasteiger charge is -2.10. The number of H-pyrrole nitrogens is 2. The van der Waals surface area contributed by atoms with Crippen molar-refractivity contribution in [1.29, 1.82) is 0 Å². The summed E-state index contributed by atoms with van der Waals surface area (Å²) < 4.78 is 36.6. The van der Waals surface area contributed by atoms with Crippen molar-refractivity contribution in [1.82, 2.24) is 15.0 Å². The van der Waals surface area contributed by atoms with Gasteiger partial charge in [-0.3, -0.25) is 4.72 Å². The molecule has 1 saturated heterocycles. The van der Waals surface area contributed by atoms with Gasteiger partial charge in [-0.15, -0.1) is 0 Å². The van der Waals surface area contributed by atoms with E-state index in [1.165, 1.54) is 0 Å². The molecule has 1 unspecified atom stereocenters. The van der Waals surface area contributed by atoms with Gasteiger partial charge in [-0.25, -0.2) is 23.7 Å². The normalized spacial score (nSPS) is 17.1. The van der Waals surface area contributed by atoms with Crippen LogP contribution in [0.4, 0.5) is 17.3 Å². The number of anilines is 3. The van der Waals surface area contributed by atoms with Gasteiger partial charge >= 0.3 is 5.95 Å². The second kappa shape index (κ2) is 7.00. The number of rotatable bonds is 6. The van der Waals surface area contributed by atoms with Crippen LogP contribution in [0.1, 0.15) is 6.42 Å². The number of benzene rings is 1. The molecular formula is C16H19N6O4S+. The number of nitrogens with one attached hydrogen (secondary N) is 4. The fourth-order valence-electron chi connectivity index (χ4n) is 2.77. The summed E-state index contributed by atoms with van der Waals surface area (Å²) in [6, 6.07) is 6.85. The van der Waals surface area contributed by atoms with Crippen molar-refractivity contribution in [2.45, 2.75) is 12.5 Å². The Morgan fingerprint density at radius 2 is 2.22 bits per heavy atom. The van der Waals surface area contributed by atoms with Crippen molar-refractivity contribution < 1.29 is 22.9 Å². The Morgan fingerprint density at radius 3 is 3.00 bits per heavy atom. The monoisotopic (exact) mass is 391 g/mol. The first-order valence-electron chi connectivity index (χ1n) is 8.32. The minimum absolute atomic E-state index is 0.0368. The molecule has 0 bridgehead atoms. The number of ether oxygens (including phenoxy) is 2. The van der Waals surface area contributed by atoms with E-state index in [-0.39, 0.29) is 6.10 Å². The second-order valence-corrected chi connectivity index (χ2v) is 7.95. The van der Waals surface area contributed by atoms with Crippen molar-refractivity contribution in [2.75, 3.05) is 29.5 Å². The lowest BCUT2D eigenvalue weighted by molar-refractivity contribution is -0.381. The van der Waals surface area contributed by atoms with Gasteiger partial charge in [0, 0.05) is 12.5 Å². The molecule has 1 aliphatic rings. The smallest absolute Gasteiger partial charge is 0.399 e. The second-order valence-electron chi connectivity index (χ2n) is 6.20. The Morgan fingerprint density at radius 1 is 1.37 bits per heavy atom. The van der Waals surface area contributed by atoms with Gasteiger partial charge in [0.15, 0.2) is 5.52 Å². The number of hydrogen-bond acceptors (Lipinski definition) is 7. The molecule has 142 valence electrons. The molecule has 1 fully saturated rings. The summed E-state index contributed by atoms with van der Waals surface area (Å²) in [7, 11) is -3.36. The molecule has 1 aliphatic heterocycles. The third-order valence-electron chi connectivity index (χ3n) is 3.90. The summed E-state index contributed by atoms with van der Waals surface area (Å²) in [5, 5.41) is 3.11.